The van der Waals surface area contributed by atoms with E-state index in [1.54, 1.807) is 21.9 Å². The Kier molecular flexibility index (Phi) is 2.96. The van der Waals surface area contributed by atoms with Gasteiger partial charge in [0.25, 0.3) is 0 Å². The molecule has 0 aromatic carbocycles. The summed E-state index contributed by atoms with van der Waals surface area (Å²) in [7, 11) is 0. The zero-order valence-electron chi connectivity index (χ0n) is 9.80. The molecule has 5 nitrogen and oxygen atoms in total. The Labute approximate surface area is 118 Å². The highest BCUT2D eigenvalue weighted by atomic mass is 35.5. The smallest absolute Gasteiger partial charge is 0.167 e. The van der Waals surface area contributed by atoms with Crippen LogP contribution >= 0.6 is 22.9 Å². The van der Waals surface area contributed by atoms with E-state index >= 15 is 0 Å². The molecule has 0 unspecified atom stereocenters. The molecule has 0 bridgehead atoms. The molecule has 7 heteroatoms. The second kappa shape index (κ2) is 4.64. The number of aromatic nitrogens is 3. The molecule has 3 aromatic rings. The van der Waals surface area contributed by atoms with Gasteiger partial charge in [0.2, 0.25) is 0 Å². The van der Waals surface area contributed by atoms with E-state index in [-0.39, 0.29) is 11.7 Å². The molecule has 3 aromatic heterocycles. The number of fused-ring (bicyclic) bond motifs is 1. The van der Waals surface area contributed by atoms with Gasteiger partial charge in [-0.15, -0.1) is 28.0 Å². The van der Waals surface area contributed by atoms with Crippen LogP contribution in [-0.4, -0.2) is 20.4 Å². The molecule has 0 amide bonds. The van der Waals surface area contributed by atoms with Crippen molar-refractivity contribution >= 4 is 34.4 Å². The van der Waals surface area contributed by atoms with Crippen LogP contribution < -0.4 is 5.73 Å². The predicted octanol–water partition coefficient (Wildman–Crippen LogP) is 2.48. The molecular formula is C12H10ClN5S. The van der Waals surface area contributed by atoms with Crippen LogP contribution in [0.5, 0.6) is 0 Å². The minimum atomic E-state index is -0.0312. The minimum Gasteiger partial charge on any atom is -0.384 e. The van der Waals surface area contributed by atoms with Crippen molar-refractivity contribution in [3.8, 4) is 10.6 Å². The molecule has 0 aliphatic carbocycles. The lowest BCUT2D eigenvalue weighted by Crippen LogP contribution is -2.13. The molecule has 0 aliphatic heterocycles. The maximum Gasteiger partial charge on any atom is 0.167 e. The SMILES string of the molecule is N=C(N)c1ccc(-c2cccs2)n2nc(CCl)nc12. The van der Waals surface area contributed by atoms with Crippen LogP contribution in [0.1, 0.15) is 11.4 Å². The number of pyridine rings is 1. The lowest BCUT2D eigenvalue weighted by Gasteiger charge is -2.05. The molecule has 3 rings (SSSR count). The number of thiophene rings is 1. The van der Waals surface area contributed by atoms with Crippen LogP contribution in [0.15, 0.2) is 29.6 Å². The second-order valence-electron chi connectivity index (χ2n) is 3.92. The Bertz CT molecular complexity index is 747. The number of nitrogens with one attached hydrogen (secondary N) is 1. The molecule has 0 saturated heterocycles. The summed E-state index contributed by atoms with van der Waals surface area (Å²) in [5, 5.41) is 14.0. The molecule has 19 heavy (non-hydrogen) atoms. The molecule has 0 saturated carbocycles. The van der Waals surface area contributed by atoms with E-state index < -0.39 is 0 Å². The average Bonchev–Trinajstić information content (AvgIpc) is 3.06. The van der Waals surface area contributed by atoms with Gasteiger partial charge in [-0.05, 0) is 23.6 Å². The summed E-state index contributed by atoms with van der Waals surface area (Å²) >= 11 is 7.40. The maximum atomic E-state index is 7.60. The number of hydrogen-bond acceptors (Lipinski definition) is 4. The number of nitrogens with two attached hydrogens (primary N) is 1. The van der Waals surface area contributed by atoms with Crippen LogP contribution in [0.3, 0.4) is 0 Å². The van der Waals surface area contributed by atoms with Gasteiger partial charge in [-0.25, -0.2) is 9.50 Å². The van der Waals surface area contributed by atoms with E-state index in [1.807, 2.05) is 23.6 Å². The molecule has 0 fully saturated rings. The van der Waals surface area contributed by atoms with Gasteiger partial charge in [0, 0.05) is 0 Å². The summed E-state index contributed by atoms with van der Waals surface area (Å²) in [5.41, 5.74) is 7.61. The third-order valence-corrected chi connectivity index (χ3v) is 3.84. The highest BCUT2D eigenvalue weighted by Crippen LogP contribution is 2.26. The Morgan fingerprint density at radius 1 is 1.42 bits per heavy atom. The highest BCUT2D eigenvalue weighted by Gasteiger charge is 2.14. The largest absolute Gasteiger partial charge is 0.384 e. The Morgan fingerprint density at radius 2 is 2.26 bits per heavy atom. The standard InChI is InChI=1S/C12H10ClN5S/c13-6-10-16-12-7(11(14)15)3-4-8(18(12)17-10)9-2-1-5-19-9/h1-5H,6H2,(H3,14,15). The first kappa shape index (κ1) is 12.1. The van der Waals surface area contributed by atoms with Crippen LogP contribution in [-0.2, 0) is 5.88 Å². The summed E-state index contributed by atoms with van der Waals surface area (Å²) in [4.78, 5) is 5.40. The summed E-state index contributed by atoms with van der Waals surface area (Å²) in [5.74, 6) is 0.715. The first-order valence-electron chi connectivity index (χ1n) is 5.53. The highest BCUT2D eigenvalue weighted by molar-refractivity contribution is 7.13. The summed E-state index contributed by atoms with van der Waals surface area (Å²) in [6.45, 7) is 0. The lowest BCUT2D eigenvalue weighted by molar-refractivity contribution is 0.931. The Balaban J connectivity index is 2.34. The molecule has 0 radical (unpaired) electrons. The third-order valence-electron chi connectivity index (χ3n) is 2.71. The van der Waals surface area contributed by atoms with Crippen molar-refractivity contribution in [1.82, 2.24) is 14.6 Å². The quantitative estimate of drug-likeness (QED) is 0.442. The second-order valence-corrected chi connectivity index (χ2v) is 5.14. The first-order valence-corrected chi connectivity index (χ1v) is 6.95. The fraction of sp³-hybridized carbons (Fsp3) is 0.0833. The molecular weight excluding hydrogens is 282 g/mol. The van der Waals surface area contributed by atoms with Crippen LogP contribution in [0.2, 0.25) is 0 Å². The summed E-state index contributed by atoms with van der Waals surface area (Å²) in [6, 6.07) is 7.67. The van der Waals surface area contributed by atoms with Gasteiger partial charge in [-0.1, -0.05) is 6.07 Å². The molecule has 0 aliphatic rings. The van der Waals surface area contributed by atoms with Crippen molar-refractivity contribution < 1.29 is 0 Å². The van der Waals surface area contributed by atoms with Crippen molar-refractivity contribution in [3.63, 3.8) is 0 Å². The van der Waals surface area contributed by atoms with Crippen LogP contribution in [0.25, 0.3) is 16.2 Å². The van der Waals surface area contributed by atoms with E-state index in [0.717, 1.165) is 10.6 Å². The zero-order valence-corrected chi connectivity index (χ0v) is 11.4. The third kappa shape index (κ3) is 1.98. The Morgan fingerprint density at radius 3 is 2.89 bits per heavy atom. The number of nitrogen functional groups attached to an aromatic ring is 1. The number of nitrogens with zero attached hydrogens (tertiary/aromatic N) is 3. The maximum absolute atomic E-state index is 7.60. The molecule has 96 valence electrons. The monoisotopic (exact) mass is 291 g/mol. The topological polar surface area (TPSA) is 80.1 Å². The van der Waals surface area contributed by atoms with Gasteiger partial charge in [0.1, 0.15) is 5.84 Å². The number of hydrogen-bond donors (Lipinski definition) is 2. The fourth-order valence-corrected chi connectivity index (χ4v) is 2.73. The van der Waals surface area contributed by atoms with E-state index in [9.17, 15) is 0 Å². The lowest BCUT2D eigenvalue weighted by atomic mass is 10.2. The van der Waals surface area contributed by atoms with Crippen LogP contribution in [0.4, 0.5) is 0 Å². The van der Waals surface area contributed by atoms with E-state index in [1.165, 1.54) is 0 Å². The van der Waals surface area contributed by atoms with E-state index in [2.05, 4.69) is 10.1 Å². The number of halogens is 1. The van der Waals surface area contributed by atoms with Crippen molar-refractivity contribution in [2.45, 2.75) is 5.88 Å². The van der Waals surface area contributed by atoms with E-state index in [4.69, 9.17) is 22.7 Å². The van der Waals surface area contributed by atoms with Gasteiger partial charge in [-0.3, -0.25) is 5.41 Å². The number of amidine groups is 1. The van der Waals surface area contributed by atoms with Crippen molar-refractivity contribution in [2.24, 2.45) is 5.73 Å². The first-order chi connectivity index (χ1) is 9.20. The minimum absolute atomic E-state index is 0.0312. The predicted molar refractivity (Wildman–Crippen MR) is 76.9 cm³/mol. The van der Waals surface area contributed by atoms with Crippen LogP contribution in [0, 0.1) is 5.41 Å². The van der Waals surface area contributed by atoms with Gasteiger partial charge >= 0.3 is 0 Å². The summed E-state index contributed by atoms with van der Waals surface area (Å²) < 4.78 is 1.69. The van der Waals surface area contributed by atoms with Crippen molar-refractivity contribution in [1.29, 1.82) is 5.41 Å². The average molecular weight is 292 g/mol. The fourth-order valence-electron chi connectivity index (χ4n) is 1.88. The van der Waals surface area contributed by atoms with Crippen molar-refractivity contribution in [2.75, 3.05) is 0 Å². The van der Waals surface area contributed by atoms with E-state index in [0.29, 0.717) is 17.0 Å². The molecule has 0 atom stereocenters. The zero-order chi connectivity index (χ0) is 13.4. The van der Waals surface area contributed by atoms with Gasteiger partial charge in [-0.2, -0.15) is 0 Å². The normalized spacial score (nSPS) is 11.0. The molecule has 0 spiro atoms. The van der Waals surface area contributed by atoms with Gasteiger partial charge in [0.15, 0.2) is 11.5 Å². The number of alkyl halides is 1. The summed E-state index contributed by atoms with van der Waals surface area (Å²) in [6.07, 6.45) is 0. The van der Waals surface area contributed by atoms with Gasteiger partial charge in [0.05, 0.1) is 22.0 Å². The van der Waals surface area contributed by atoms with Gasteiger partial charge < -0.3 is 5.73 Å². The van der Waals surface area contributed by atoms with Crippen molar-refractivity contribution in [3.05, 3.63) is 41.0 Å². The Hall–Kier alpha value is -1.92. The molecule has 3 N–H and O–H groups in total. The number of rotatable bonds is 3. The molecule has 3 heterocycles.